The fourth-order valence-electron chi connectivity index (χ4n) is 0.768. The van der Waals surface area contributed by atoms with E-state index in [4.69, 9.17) is 0 Å². The molecule has 0 aromatic heterocycles. The Labute approximate surface area is 74.7 Å². The summed E-state index contributed by atoms with van der Waals surface area (Å²) < 4.78 is 0. The molecule has 0 radical (unpaired) electrons. The van der Waals surface area contributed by atoms with Gasteiger partial charge in [0, 0.05) is 6.54 Å². The van der Waals surface area contributed by atoms with E-state index in [-0.39, 0.29) is 0 Å². The molecule has 0 aromatic rings. The molecule has 0 spiro atoms. The highest BCUT2D eigenvalue weighted by atomic mass is 32.2. The fraction of sp³-hybridized carbons (Fsp3) is 0.889. The molecule has 0 aliphatic heterocycles. The van der Waals surface area contributed by atoms with E-state index in [0.717, 1.165) is 18.9 Å². The van der Waals surface area contributed by atoms with Gasteiger partial charge >= 0.3 is 0 Å². The molecule has 0 N–H and O–H groups in total. The summed E-state index contributed by atoms with van der Waals surface area (Å²) in [5, 5.41) is 1.28. The van der Waals surface area contributed by atoms with E-state index < -0.39 is 0 Å². The van der Waals surface area contributed by atoms with Crippen LogP contribution in [0.25, 0.3) is 0 Å². The van der Waals surface area contributed by atoms with Gasteiger partial charge in [0.1, 0.15) is 0 Å². The molecule has 0 aliphatic carbocycles. The van der Waals surface area contributed by atoms with Gasteiger partial charge in [-0.25, -0.2) is 0 Å². The lowest BCUT2D eigenvalue weighted by Gasteiger charge is -2.01. The number of thioether (sulfide) groups is 1. The SMILES string of the molecule is CCC(=NCCC(C)C)SC. The van der Waals surface area contributed by atoms with Gasteiger partial charge in [-0.3, -0.25) is 4.99 Å². The molecule has 0 rings (SSSR count). The summed E-state index contributed by atoms with van der Waals surface area (Å²) in [6, 6.07) is 0. The second-order valence-electron chi connectivity index (χ2n) is 3.02. The third kappa shape index (κ3) is 6.42. The van der Waals surface area contributed by atoms with E-state index in [9.17, 15) is 0 Å². The molecule has 0 aromatic carbocycles. The zero-order valence-electron chi connectivity index (χ0n) is 8.05. The van der Waals surface area contributed by atoms with Gasteiger partial charge in [0.15, 0.2) is 0 Å². The van der Waals surface area contributed by atoms with Crippen LogP contribution in [0, 0.1) is 5.92 Å². The molecule has 0 aliphatic rings. The van der Waals surface area contributed by atoms with Crippen molar-refractivity contribution in [1.29, 1.82) is 0 Å². The van der Waals surface area contributed by atoms with Gasteiger partial charge in [-0.2, -0.15) is 0 Å². The van der Waals surface area contributed by atoms with Gasteiger partial charge in [-0.15, -0.1) is 11.8 Å². The minimum Gasteiger partial charge on any atom is -0.283 e. The van der Waals surface area contributed by atoms with Gasteiger partial charge in [-0.05, 0) is 25.0 Å². The standard InChI is InChI=1S/C9H19NS/c1-5-9(11-4)10-7-6-8(2)3/h8H,5-7H2,1-4H3. The maximum absolute atomic E-state index is 4.48. The minimum absolute atomic E-state index is 0.777. The molecular weight excluding hydrogens is 154 g/mol. The Bertz CT molecular complexity index is 113. The number of hydrogen-bond donors (Lipinski definition) is 0. The lowest BCUT2D eigenvalue weighted by molar-refractivity contribution is 0.597. The third-order valence-electron chi connectivity index (χ3n) is 1.53. The number of aliphatic imine (C=N–C) groups is 1. The van der Waals surface area contributed by atoms with Crippen LogP contribution < -0.4 is 0 Å². The first-order valence-corrected chi connectivity index (χ1v) is 5.50. The van der Waals surface area contributed by atoms with Crippen molar-refractivity contribution < 1.29 is 0 Å². The van der Waals surface area contributed by atoms with Crippen molar-refractivity contribution in [1.82, 2.24) is 0 Å². The molecule has 0 saturated carbocycles. The second kappa shape index (κ2) is 6.71. The first-order chi connectivity index (χ1) is 5.20. The predicted octanol–water partition coefficient (Wildman–Crippen LogP) is 3.20. The third-order valence-corrected chi connectivity index (χ3v) is 2.42. The highest BCUT2D eigenvalue weighted by Gasteiger charge is 1.94. The van der Waals surface area contributed by atoms with Crippen LogP contribution in [0.15, 0.2) is 4.99 Å². The van der Waals surface area contributed by atoms with Crippen molar-refractivity contribution in [2.75, 3.05) is 12.8 Å². The monoisotopic (exact) mass is 173 g/mol. The lowest BCUT2D eigenvalue weighted by atomic mass is 10.1. The zero-order valence-corrected chi connectivity index (χ0v) is 8.87. The molecule has 0 amide bonds. The van der Waals surface area contributed by atoms with Gasteiger partial charge in [-0.1, -0.05) is 20.8 Å². The van der Waals surface area contributed by atoms with Crippen LogP contribution in [0.2, 0.25) is 0 Å². The maximum Gasteiger partial charge on any atom is 0.0670 e. The Morgan fingerprint density at radius 2 is 2.09 bits per heavy atom. The smallest absolute Gasteiger partial charge is 0.0670 e. The van der Waals surface area contributed by atoms with Gasteiger partial charge in [0.05, 0.1) is 5.04 Å². The Balaban J connectivity index is 3.53. The molecule has 1 nitrogen and oxygen atoms in total. The fourth-order valence-corrected chi connectivity index (χ4v) is 1.28. The number of hydrogen-bond acceptors (Lipinski definition) is 2. The average molecular weight is 173 g/mol. The van der Waals surface area contributed by atoms with E-state index >= 15 is 0 Å². The molecule has 0 unspecified atom stereocenters. The molecule has 66 valence electrons. The van der Waals surface area contributed by atoms with E-state index in [0.29, 0.717) is 0 Å². The van der Waals surface area contributed by atoms with Gasteiger partial charge in [0.2, 0.25) is 0 Å². The van der Waals surface area contributed by atoms with Gasteiger partial charge < -0.3 is 0 Å². The summed E-state index contributed by atoms with van der Waals surface area (Å²) >= 11 is 1.77. The molecule has 0 heterocycles. The zero-order chi connectivity index (χ0) is 8.69. The average Bonchev–Trinajstić information content (AvgIpc) is 1.98. The summed E-state index contributed by atoms with van der Waals surface area (Å²) in [5.41, 5.74) is 0. The quantitative estimate of drug-likeness (QED) is 0.470. The molecule has 0 saturated heterocycles. The summed E-state index contributed by atoms with van der Waals surface area (Å²) in [6.45, 7) is 7.63. The van der Waals surface area contributed by atoms with Crippen molar-refractivity contribution in [3.63, 3.8) is 0 Å². The summed E-state index contributed by atoms with van der Waals surface area (Å²) in [5.74, 6) is 0.777. The first kappa shape index (κ1) is 11.0. The van der Waals surface area contributed by atoms with Gasteiger partial charge in [0.25, 0.3) is 0 Å². The van der Waals surface area contributed by atoms with Crippen LogP contribution in [0.4, 0.5) is 0 Å². The Morgan fingerprint density at radius 3 is 2.45 bits per heavy atom. The van der Waals surface area contributed by atoms with Crippen molar-refractivity contribution in [3.8, 4) is 0 Å². The van der Waals surface area contributed by atoms with Crippen molar-refractivity contribution in [2.45, 2.75) is 33.6 Å². The van der Waals surface area contributed by atoms with Crippen LogP contribution in [-0.2, 0) is 0 Å². The summed E-state index contributed by atoms with van der Waals surface area (Å²) in [7, 11) is 0. The first-order valence-electron chi connectivity index (χ1n) is 4.28. The predicted molar refractivity (Wildman–Crippen MR) is 55.6 cm³/mol. The highest BCUT2D eigenvalue weighted by Crippen LogP contribution is 2.05. The normalized spacial score (nSPS) is 12.6. The van der Waals surface area contributed by atoms with Crippen LogP contribution in [0.3, 0.4) is 0 Å². The summed E-state index contributed by atoms with van der Waals surface area (Å²) in [4.78, 5) is 4.48. The molecule has 0 atom stereocenters. The van der Waals surface area contributed by atoms with E-state index in [1.807, 2.05) is 0 Å². The lowest BCUT2D eigenvalue weighted by Crippen LogP contribution is -1.95. The minimum atomic E-state index is 0.777. The molecule has 11 heavy (non-hydrogen) atoms. The molecule has 0 fully saturated rings. The number of rotatable bonds is 4. The number of nitrogens with zero attached hydrogens (tertiary/aromatic N) is 1. The molecule has 2 heteroatoms. The Kier molecular flexibility index (Phi) is 6.73. The largest absolute Gasteiger partial charge is 0.283 e. The van der Waals surface area contributed by atoms with E-state index in [1.54, 1.807) is 11.8 Å². The molecular formula is C9H19NS. The second-order valence-corrected chi connectivity index (χ2v) is 3.90. The van der Waals surface area contributed by atoms with Crippen LogP contribution in [-0.4, -0.2) is 17.8 Å². The molecule has 0 bridgehead atoms. The van der Waals surface area contributed by atoms with E-state index in [2.05, 4.69) is 32.0 Å². The van der Waals surface area contributed by atoms with Crippen molar-refractivity contribution >= 4 is 16.8 Å². The summed E-state index contributed by atoms with van der Waals surface area (Å²) in [6.07, 6.45) is 4.39. The van der Waals surface area contributed by atoms with Crippen LogP contribution in [0.1, 0.15) is 33.6 Å². The van der Waals surface area contributed by atoms with Crippen molar-refractivity contribution in [3.05, 3.63) is 0 Å². The van der Waals surface area contributed by atoms with Crippen LogP contribution >= 0.6 is 11.8 Å². The maximum atomic E-state index is 4.48. The topological polar surface area (TPSA) is 12.4 Å². The highest BCUT2D eigenvalue weighted by molar-refractivity contribution is 8.13. The van der Waals surface area contributed by atoms with E-state index in [1.165, 1.54) is 11.5 Å². The van der Waals surface area contributed by atoms with Crippen LogP contribution in [0.5, 0.6) is 0 Å². The van der Waals surface area contributed by atoms with Crippen molar-refractivity contribution in [2.24, 2.45) is 10.9 Å². The Hall–Kier alpha value is 0.0200. The Morgan fingerprint density at radius 1 is 1.45 bits per heavy atom.